The van der Waals surface area contributed by atoms with Gasteiger partial charge in [-0.2, -0.15) is 0 Å². The smallest absolute Gasteiger partial charge is 0.145 e. The van der Waals surface area contributed by atoms with Gasteiger partial charge in [-0.15, -0.1) is 11.3 Å². The minimum atomic E-state index is -0.285. The van der Waals surface area contributed by atoms with Crippen LogP contribution in [0.4, 0.5) is 0 Å². The van der Waals surface area contributed by atoms with Crippen LogP contribution in [0.15, 0.2) is 0 Å². The highest BCUT2D eigenvalue weighted by Gasteiger charge is 2.14. The number of nitrogens with zero attached hydrogens (tertiary/aromatic N) is 3. The Morgan fingerprint density at radius 3 is 2.70 bits per heavy atom. The van der Waals surface area contributed by atoms with E-state index in [4.69, 9.17) is 11.6 Å². The Kier molecular flexibility index (Phi) is 4.96. The Hall–Kier alpha value is -0.750. The Bertz CT molecular complexity index is 612. The minimum Gasteiger partial charge on any atom is -0.393 e. The number of thiophene rings is 1. The molecule has 1 unspecified atom stereocenters. The molecule has 20 heavy (non-hydrogen) atoms. The van der Waals surface area contributed by atoms with E-state index in [0.29, 0.717) is 11.7 Å². The van der Waals surface area contributed by atoms with E-state index in [1.54, 1.807) is 18.3 Å². The summed E-state index contributed by atoms with van der Waals surface area (Å²) in [6, 6.07) is 0. The zero-order chi connectivity index (χ0) is 14.9. The highest BCUT2D eigenvalue weighted by Crippen LogP contribution is 2.32. The first-order valence-corrected chi connectivity index (χ1v) is 7.86. The molecule has 1 N–H and O–H groups in total. The summed E-state index contributed by atoms with van der Waals surface area (Å²) in [4.78, 5) is 13.3. The molecule has 110 valence electrons. The van der Waals surface area contributed by atoms with Crippen molar-refractivity contribution in [1.29, 1.82) is 0 Å². The van der Waals surface area contributed by atoms with Crippen LogP contribution in [0.1, 0.15) is 29.6 Å². The van der Waals surface area contributed by atoms with Crippen molar-refractivity contribution in [2.24, 2.45) is 0 Å². The van der Waals surface area contributed by atoms with Crippen molar-refractivity contribution in [2.75, 3.05) is 13.6 Å². The zero-order valence-corrected chi connectivity index (χ0v) is 13.8. The number of hydrogen-bond acceptors (Lipinski definition) is 5. The first-order chi connectivity index (χ1) is 9.38. The monoisotopic (exact) mass is 313 g/mol. The van der Waals surface area contributed by atoms with Crippen molar-refractivity contribution < 1.29 is 5.11 Å². The second kappa shape index (κ2) is 6.35. The lowest BCUT2D eigenvalue weighted by Gasteiger charge is -2.16. The van der Waals surface area contributed by atoms with Crippen LogP contribution in [-0.2, 0) is 6.54 Å². The van der Waals surface area contributed by atoms with Crippen LogP contribution in [0, 0.1) is 13.8 Å². The van der Waals surface area contributed by atoms with E-state index in [2.05, 4.69) is 28.7 Å². The van der Waals surface area contributed by atoms with Crippen molar-refractivity contribution in [3.63, 3.8) is 0 Å². The lowest BCUT2D eigenvalue weighted by molar-refractivity contribution is 0.162. The van der Waals surface area contributed by atoms with Gasteiger partial charge in [0.25, 0.3) is 0 Å². The number of aryl methyl sites for hydroxylation is 2. The Labute approximate surface area is 128 Å². The summed E-state index contributed by atoms with van der Waals surface area (Å²) >= 11 is 7.95. The molecule has 0 aliphatic heterocycles. The van der Waals surface area contributed by atoms with Crippen molar-refractivity contribution in [3.8, 4) is 0 Å². The Morgan fingerprint density at radius 1 is 1.35 bits per heavy atom. The predicted molar refractivity (Wildman–Crippen MR) is 84.5 cm³/mol. The normalized spacial score (nSPS) is 13.3. The molecule has 0 aromatic carbocycles. The van der Waals surface area contributed by atoms with Crippen LogP contribution in [0.5, 0.6) is 0 Å². The number of rotatable bonds is 5. The van der Waals surface area contributed by atoms with Gasteiger partial charge in [0.15, 0.2) is 0 Å². The fourth-order valence-corrected chi connectivity index (χ4v) is 3.47. The van der Waals surface area contributed by atoms with Crippen molar-refractivity contribution in [2.45, 2.75) is 39.8 Å². The molecule has 6 heteroatoms. The molecule has 0 spiro atoms. The zero-order valence-electron chi connectivity index (χ0n) is 12.3. The van der Waals surface area contributed by atoms with E-state index in [9.17, 15) is 5.11 Å². The highest BCUT2D eigenvalue weighted by molar-refractivity contribution is 7.18. The van der Waals surface area contributed by atoms with E-state index in [0.717, 1.165) is 29.0 Å². The maximum absolute atomic E-state index is 9.31. The molecule has 0 saturated carbocycles. The summed E-state index contributed by atoms with van der Waals surface area (Å²) in [5, 5.41) is 10.8. The average Bonchev–Trinajstić information content (AvgIpc) is 2.62. The van der Waals surface area contributed by atoms with E-state index in [1.807, 2.05) is 7.05 Å². The standard InChI is InChI=1S/C14H20ClN3OS/c1-8(19)5-6-18(4)7-11-16-13(15)12-9(2)10(3)20-14(12)17-11/h8,19H,5-7H2,1-4H3. The highest BCUT2D eigenvalue weighted by atomic mass is 35.5. The number of halogens is 1. The summed E-state index contributed by atoms with van der Waals surface area (Å²) in [6.45, 7) is 7.37. The molecule has 0 aliphatic carbocycles. The van der Waals surface area contributed by atoms with Gasteiger partial charge in [0.2, 0.25) is 0 Å². The largest absolute Gasteiger partial charge is 0.393 e. The molecule has 0 aliphatic rings. The number of hydrogen-bond donors (Lipinski definition) is 1. The van der Waals surface area contributed by atoms with Crippen LogP contribution < -0.4 is 0 Å². The topological polar surface area (TPSA) is 49.2 Å². The van der Waals surface area contributed by atoms with Crippen molar-refractivity contribution >= 4 is 33.2 Å². The molecule has 0 amide bonds. The first kappa shape index (κ1) is 15.6. The third-order valence-corrected chi connectivity index (χ3v) is 4.75. The lowest BCUT2D eigenvalue weighted by atomic mass is 10.2. The van der Waals surface area contributed by atoms with Gasteiger partial charge < -0.3 is 5.11 Å². The van der Waals surface area contributed by atoms with Crippen LogP contribution in [0.3, 0.4) is 0 Å². The molecule has 2 aromatic heterocycles. The molecule has 2 heterocycles. The minimum absolute atomic E-state index is 0.285. The summed E-state index contributed by atoms with van der Waals surface area (Å²) < 4.78 is 0. The molecular formula is C14H20ClN3OS. The SMILES string of the molecule is Cc1sc2nc(CN(C)CCC(C)O)nc(Cl)c2c1C. The van der Waals surface area contributed by atoms with Gasteiger partial charge in [-0.05, 0) is 39.8 Å². The lowest BCUT2D eigenvalue weighted by Crippen LogP contribution is -2.23. The Balaban J connectivity index is 2.19. The second-order valence-corrected chi connectivity index (χ2v) is 6.83. The quantitative estimate of drug-likeness (QED) is 0.861. The number of fused-ring (bicyclic) bond motifs is 1. The maximum atomic E-state index is 9.31. The van der Waals surface area contributed by atoms with Gasteiger partial charge in [-0.3, -0.25) is 4.90 Å². The second-order valence-electron chi connectivity index (χ2n) is 5.27. The molecule has 1 atom stereocenters. The van der Waals surface area contributed by atoms with Crippen LogP contribution in [-0.4, -0.2) is 39.7 Å². The van der Waals surface area contributed by atoms with Crippen LogP contribution >= 0.6 is 22.9 Å². The summed E-state index contributed by atoms with van der Waals surface area (Å²) in [5.74, 6) is 0.733. The molecule has 2 rings (SSSR count). The number of aliphatic hydroxyl groups is 1. The molecule has 0 radical (unpaired) electrons. The van der Waals surface area contributed by atoms with Crippen LogP contribution in [0.25, 0.3) is 10.2 Å². The van der Waals surface area contributed by atoms with Crippen LogP contribution in [0.2, 0.25) is 5.15 Å². The summed E-state index contributed by atoms with van der Waals surface area (Å²) in [5.41, 5.74) is 1.17. The van der Waals surface area contributed by atoms with E-state index in [1.165, 1.54) is 10.4 Å². The maximum Gasteiger partial charge on any atom is 0.145 e. The van der Waals surface area contributed by atoms with Crippen molar-refractivity contribution in [1.82, 2.24) is 14.9 Å². The summed E-state index contributed by atoms with van der Waals surface area (Å²) in [6.07, 6.45) is 0.455. The van der Waals surface area contributed by atoms with Gasteiger partial charge in [0.05, 0.1) is 18.0 Å². The molecule has 0 bridgehead atoms. The summed E-state index contributed by atoms with van der Waals surface area (Å²) in [7, 11) is 1.99. The van der Waals surface area contributed by atoms with Gasteiger partial charge >= 0.3 is 0 Å². The fourth-order valence-electron chi connectivity index (χ4n) is 2.04. The third-order valence-electron chi connectivity index (χ3n) is 3.37. The third kappa shape index (κ3) is 3.47. The van der Waals surface area contributed by atoms with Gasteiger partial charge in [-0.25, -0.2) is 9.97 Å². The van der Waals surface area contributed by atoms with E-state index >= 15 is 0 Å². The molecule has 0 saturated heterocycles. The first-order valence-electron chi connectivity index (χ1n) is 6.67. The predicted octanol–water partition coefficient (Wildman–Crippen LogP) is 3.16. The van der Waals surface area contributed by atoms with Gasteiger partial charge in [0, 0.05) is 11.4 Å². The van der Waals surface area contributed by atoms with Gasteiger partial charge in [-0.1, -0.05) is 11.6 Å². The van der Waals surface area contributed by atoms with E-state index in [-0.39, 0.29) is 6.10 Å². The number of aromatic nitrogens is 2. The van der Waals surface area contributed by atoms with Crippen molar-refractivity contribution in [3.05, 3.63) is 21.4 Å². The number of aliphatic hydroxyl groups excluding tert-OH is 1. The molecular weight excluding hydrogens is 294 g/mol. The average molecular weight is 314 g/mol. The molecule has 0 fully saturated rings. The van der Waals surface area contributed by atoms with Gasteiger partial charge in [0.1, 0.15) is 15.8 Å². The molecule has 4 nitrogen and oxygen atoms in total. The Morgan fingerprint density at radius 2 is 2.05 bits per heavy atom. The fraction of sp³-hybridized carbons (Fsp3) is 0.571. The van der Waals surface area contributed by atoms with E-state index < -0.39 is 0 Å². The molecule has 2 aromatic rings.